The van der Waals surface area contributed by atoms with Crippen molar-refractivity contribution in [2.24, 2.45) is 0 Å². The first-order chi connectivity index (χ1) is 9.90. The molecule has 1 N–H and O–H groups in total. The minimum atomic E-state index is -1.27. The Morgan fingerprint density at radius 3 is 2.57 bits per heavy atom. The number of fused-ring (bicyclic) bond motifs is 1. The first-order valence-electron chi connectivity index (χ1n) is 7.01. The second-order valence-corrected chi connectivity index (χ2v) is 5.86. The summed E-state index contributed by atoms with van der Waals surface area (Å²) < 4.78 is 15.9. The van der Waals surface area contributed by atoms with Crippen LogP contribution in [0.3, 0.4) is 0 Å². The number of aromatic nitrogens is 1. The van der Waals surface area contributed by atoms with Crippen LogP contribution in [0.5, 0.6) is 0 Å². The predicted octanol–water partition coefficient (Wildman–Crippen LogP) is 3.30. The molecule has 1 aromatic heterocycles. The largest absolute Gasteiger partial charge is 0.477 e. The number of halogens is 1. The monoisotopic (exact) mass is 289 g/mol. The van der Waals surface area contributed by atoms with Gasteiger partial charge in [-0.15, -0.1) is 0 Å². The zero-order valence-electron chi connectivity index (χ0n) is 11.9. The van der Waals surface area contributed by atoms with Gasteiger partial charge in [0.2, 0.25) is 5.43 Å². The van der Waals surface area contributed by atoms with Gasteiger partial charge in [0.25, 0.3) is 0 Å². The zero-order valence-corrected chi connectivity index (χ0v) is 11.9. The minimum absolute atomic E-state index is 0.00342. The Labute approximate surface area is 120 Å². The van der Waals surface area contributed by atoms with Gasteiger partial charge in [-0.1, -0.05) is 13.8 Å². The van der Waals surface area contributed by atoms with Crippen molar-refractivity contribution in [1.29, 1.82) is 0 Å². The molecule has 0 atom stereocenters. The van der Waals surface area contributed by atoms with E-state index in [2.05, 4.69) is 0 Å². The Kier molecular flexibility index (Phi) is 3.08. The second kappa shape index (κ2) is 4.69. The molecule has 0 aliphatic heterocycles. The third-order valence-corrected chi connectivity index (χ3v) is 3.94. The zero-order chi connectivity index (χ0) is 15.3. The summed E-state index contributed by atoms with van der Waals surface area (Å²) in [5.41, 5.74) is 0.242. The number of pyridine rings is 1. The normalized spacial score (nSPS) is 14.9. The van der Waals surface area contributed by atoms with Gasteiger partial charge in [0.05, 0.1) is 5.52 Å². The lowest BCUT2D eigenvalue weighted by Crippen LogP contribution is -2.19. The highest BCUT2D eigenvalue weighted by molar-refractivity contribution is 5.92. The number of nitrogens with zero attached hydrogens (tertiary/aromatic N) is 1. The fourth-order valence-electron chi connectivity index (χ4n) is 2.64. The van der Waals surface area contributed by atoms with Crippen molar-refractivity contribution in [3.05, 3.63) is 45.5 Å². The average Bonchev–Trinajstić information content (AvgIpc) is 3.22. The van der Waals surface area contributed by atoms with E-state index in [9.17, 15) is 14.0 Å². The van der Waals surface area contributed by atoms with Crippen molar-refractivity contribution in [3.8, 4) is 0 Å². The highest BCUT2D eigenvalue weighted by atomic mass is 19.1. The highest BCUT2D eigenvalue weighted by Gasteiger charge is 2.27. The van der Waals surface area contributed by atoms with Gasteiger partial charge in [-0.25, -0.2) is 9.18 Å². The molecule has 0 amide bonds. The van der Waals surface area contributed by atoms with Gasteiger partial charge in [-0.05, 0) is 36.5 Å². The number of carbonyl (C=O) groups is 1. The molecule has 0 bridgehead atoms. The molecule has 0 unspecified atom stereocenters. The first-order valence-corrected chi connectivity index (χ1v) is 7.01. The van der Waals surface area contributed by atoms with E-state index >= 15 is 0 Å². The van der Waals surface area contributed by atoms with Crippen LogP contribution in [-0.4, -0.2) is 15.6 Å². The SMILES string of the molecule is CC(C)c1cc2c(cc1F)c(=O)c(C(=O)O)cn2C1CC1. The van der Waals surface area contributed by atoms with Gasteiger partial charge in [-0.2, -0.15) is 0 Å². The smallest absolute Gasteiger partial charge is 0.341 e. The van der Waals surface area contributed by atoms with E-state index in [1.54, 1.807) is 6.07 Å². The van der Waals surface area contributed by atoms with Crippen LogP contribution in [0.15, 0.2) is 23.1 Å². The first kappa shape index (κ1) is 13.8. The van der Waals surface area contributed by atoms with E-state index in [-0.39, 0.29) is 22.9 Å². The van der Waals surface area contributed by atoms with Crippen LogP contribution in [0.4, 0.5) is 4.39 Å². The average molecular weight is 289 g/mol. The van der Waals surface area contributed by atoms with Crippen molar-refractivity contribution in [1.82, 2.24) is 4.57 Å². The molecule has 1 aliphatic carbocycles. The van der Waals surface area contributed by atoms with E-state index in [4.69, 9.17) is 5.11 Å². The Morgan fingerprint density at radius 1 is 1.38 bits per heavy atom. The molecule has 0 spiro atoms. The Hall–Kier alpha value is -2.17. The summed E-state index contributed by atoms with van der Waals surface area (Å²) >= 11 is 0. The lowest BCUT2D eigenvalue weighted by molar-refractivity contribution is 0.0695. The fourth-order valence-corrected chi connectivity index (χ4v) is 2.64. The van der Waals surface area contributed by atoms with E-state index in [0.717, 1.165) is 12.8 Å². The van der Waals surface area contributed by atoms with E-state index in [0.29, 0.717) is 11.1 Å². The van der Waals surface area contributed by atoms with Gasteiger partial charge in [0, 0.05) is 17.6 Å². The summed E-state index contributed by atoms with van der Waals surface area (Å²) in [6, 6.07) is 3.07. The van der Waals surface area contributed by atoms with Crippen molar-refractivity contribution in [2.75, 3.05) is 0 Å². The molecule has 110 valence electrons. The number of benzene rings is 1. The number of rotatable bonds is 3. The van der Waals surface area contributed by atoms with Gasteiger partial charge in [0.1, 0.15) is 11.4 Å². The molecule has 0 saturated heterocycles. The van der Waals surface area contributed by atoms with Crippen molar-refractivity contribution in [2.45, 2.75) is 38.6 Å². The van der Waals surface area contributed by atoms with Crippen molar-refractivity contribution >= 4 is 16.9 Å². The van der Waals surface area contributed by atoms with Crippen molar-refractivity contribution in [3.63, 3.8) is 0 Å². The number of hydrogen-bond acceptors (Lipinski definition) is 2. The van der Waals surface area contributed by atoms with Crippen LogP contribution in [0.25, 0.3) is 10.9 Å². The summed E-state index contributed by atoms with van der Waals surface area (Å²) in [4.78, 5) is 23.5. The third-order valence-electron chi connectivity index (χ3n) is 3.94. The van der Waals surface area contributed by atoms with Crippen LogP contribution in [0.2, 0.25) is 0 Å². The number of aromatic carboxylic acids is 1. The second-order valence-electron chi connectivity index (χ2n) is 5.86. The molecule has 5 heteroatoms. The van der Waals surface area contributed by atoms with E-state index in [1.807, 2.05) is 18.4 Å². The molecule has 0 radical (unpaired) electrons. The van der Waals surface area contributed by atoms with Crippen molar-refractivity contribution < 1.29 is 14.3 Å². The molecule has 3 rings (SSSR count). The number of carboxylic acid groups (broad SMARTS) is 1. The molecule has 1 aromatic carbocycles. The van der Waals surface area contributed by atoms with Gasteiger partial charge in [0.15, 0.2) is 0 Å². The third kappa shape index (κ3) is 2.22. The van der Waals surface area contributed by atoms with Gasteiger partial charge < -0.3 is 9.67 Å². The van der Waals surface area contributed by atoms with Crippen LogP contribution in [-0.2, 0) is 0 Å². The standard InChI is InChI=1S/C16H16FNO3/c1-8(2)10-6-14-11(5-13(10)17)15(19)12(16(20)21)7-18(14)9-3-4-9/h5-9H,3-4H2,1-2H3,(H,20,21). The molecule has 1 fully saturated rings. The predicted molar refractivity (Wildman–Crippen MR) is 77.5 cm³/mol. The molecule has 1 saturated carbocycles. The topological polar surface area (TPSA) is 59.3 Å². The molecule has 2 aromatic rings. The molecular formula is C16H16FNO3. The molecule has 1 heterocycles. The summed E-state index contributed by atoms with van der Waals surface area (Å²) in [5, 5.41) is 9.30. The molecule has 1 aliphatic rings. The minimum Gasteiger partial charge on any atom is -0.477 e. The van der Waals surface area contributed by atoms with Crippen LogP contribution < -0.4 is 5.43 Å². The van der Waals surface area contributed by atoms with E-state index < -0.39 is 17.2 Å². The Bertz CT molecular complexity index is 803. The number of hydrogen-bond donors (Lipinski definition) is 1. The summed E-state index contributed by atoms with van der Waals surface area (Å²) in [6.45, 7) is 3.77. The summed E-state index contributed by atoms with van der Waals surface area (Å²) in [5.74, 6) is -1.74. The lowest BCUT2D eigenvalue weighted by Gasteiger charge is -2.14. The molecule has 4 nitrogen and oxygen atoms in total. The lowest BCUT2D eigenvalue weighted by atomic mass is 9.99. The Balaban J connectivity index is 2.41. The molecular weight excluding hydrogens is 273 g/mol. The van der Waals surface area contributed by atoms with Crippen LogP contribution >= 0.6 is 0 Å². The van der Waals surface area contributed by atoms with E-state index in [1.165, 1.54) is 12.3 Å². The Morgan fingerprint density at radius 2 is 2.05 bits per heavy atom. The van der Waals surface area contributed by atoms with Crippen LogP contribution in [0, 0.1) is 5.82 Å². The van der Waals surface area contributed by atoms with Gasteiger partial charge >= 0.3 is 5.97 Å². The van der Waals surface area contributed by atoms with Gasteiger partial charge in [-0.3, -0.25) is 4.79 Å². The summed E-state index contributed by atoms with van der Waals surface area (Å²) in [6.07, 6.45) is 3.30. The number of carboxylic acids is 1. The maximum absolute atomic E-state index is 14.1. The quantitative estimate of drug-likeness (QED) is 0.943. The molecule has 21 heavy (non-hydrogen) atoms. The summed E-state index contributed by atoms with van der Waals surface area (Å²) in [7, 11) is 0. The maximum atomic E-state index is 14.1. The van der Waals surface area contributed by atoms with Crippen LogP contribution in [0.1, 0.15) is 54.6 Å². The maximum Gasteiger partial charge on any atom is 0.341 e. The highest BCUT2D eigenvalue weighted by Crippen LogP contribution is 2.37. The fraction of sp³-hybridized carbons (Fsp3) is 0.375.